The molecule has 1 fully saturated rings. The SMILES string of the molecule is O=C(O)CCCCCC1C(O)CCC1SCC(O)COc1cccc(Cl)c1. The minimum absolute atomic E-state index is 0.211. The molecule has 1 saturated carbocycles. The van der Waals surface area contributed by atoms with Gasteiger partial charge in [0, 0.05) is 22.4 Å². The Kier molecular flexibility index (Phi) is 9.76. The third kappa shape index (κ3) is 8.30. The van der Waals surface area contributed by atoms with Gasteiger partial charge in [-0.05, 0) is 49.8 Å². The zero-order valence-corrected chi connectivity index (χ0v) is 17.0. The number of rotatable bonds is 12. The number of aliphatic hydroxyl groups excluding tert-OH is 2. The molecule has 0 aromatic heterocycles. The molecule has 0 heterocycles. The van der Waals surface area contributed by atoms with Crippen molar-refractivity contribution in [1.29, 1.82) is 0 Å². The lowest BCUT2D eigenvalue weighted by Gasteiger charge is -2.23. The predicted molar refractivity (Wildman–Crippen MR) is 109 cm³/mol. The zero-order valence-electron chi connectivity index (χ0n) is 15.4. The number of carboxylic acid groups (broad SMARTS) is 1. The maximum Gasteiger partial charge on any atom is 0.303 e. The van der Waals surface area contributed by atoms with Crippen LogP contribution in [0.2, 0.25) is 5.02 Å². The zero-order chi connectivity index (χ0) is 19.6. The van der Waals surface area contributed by atoms with Gasteiger partial charge in [0.1, 0.15) is 12.4 Å². The van der Waals surface area contributed by atoms with Crippen LogP contribution in [0.25, 0.3) is 0 Å². The Labute approximate surface area is 170 Å². The van der Waals surface area contributed by atoms with Crippen LogP contribution in [0.15, 0.2) is 24.3 Å². The van der Waals surface area contributed by atoms with Crippen molar-refractivity contribution in [3.05, 3.63) is 29.3 Å². The monoisotopic (exact) mass is 416 g/mol. The van der Waals surface area contributed by atoms with E-state index < -0.39 is 12.1 Å². The maximum atomic E-state index is 10.5. The molecule has 0 aliphatic heterocycles. The summed E-state index contributed by atoms with van der Waals surface area (Å²) in [4.78, 5) is 10.5. The van der Waals surface area contributed by atoms with Crippen LogP contribution >= 0.6 is 23.4 Å². The number of carbonyl (C=O) groups is 1. The van der Waals surface area contributed by atoms with Crippen LogP contribution in [0.3, 0.4) is 0 Å². The minimum Gasteiger partial charge on any atom is -0.491 e. The first-order chi connectivity index (χ1) is 13.0. The number of aliphatic hydroxyl groups is 2. The smallest absolute Gasteiger partial charge is 0.303 e. The maximum absolute atomic E-state index is 10.5. The van der Waals surface area contributed by atoms with Crippen molar-refractivity contribution in [2.75, 3.05) is 12.4 Å². The first kappa shape index (κ1) is 22.3. The van der Waals surface area contributed by atoms with E-state index in [2.05, 4.69) is 0 Å². The first-order valence-electron chi connectivity index (χ1n) is 9.53. The van der Waals surface area contributed by atoms with Crippen molar-refractivity contribution in [3.63, 3.8) is 0 Å². The highest BCUT2D eigenvalue weighted by atomic mass is 35.5. The van der Waals surface area contributed by atoms with Gasteiger partial charge in [-0.3, -0.25) is 4.79 Å². The summed E-state index contributed by atoms with van der Waals surface area (Å²) in [5, 5.41) is 30.0. The molecule has 7 heteroatoms. The fraction of sp³-hybridized carbons (Fsp3) is 0.650. The Morgan fingerprint density at radius 3 is 2.85 bits per heavy atom. The van der Waals surface area contributed by atoms with E-state index >= 15 is 0 Å². The van der Waals surface area contributed by atoms with Crippen molar-refractivity contribution in [3.8, 4) is 5.75 Å². The number of thioether (sulfide) groups is 1. The van der Waals surface area contributed by atoms with E-state index in [1.165, 1.54) is 0 Å². The van der Waals surface area contributed by atoms with Crippen LogP contribution < -0.4 is 4.74 Å². The molecule has 0 bridgehead atoms. The van der Waals surface area contributed by atoms with Crippen molar-refractivity contribution in [2.45, 2.75) is 62.4 Å². The molecule has 5 nitrogen and oxygen atoms in total. The molecule has 4 atom stereocenters. The summed E-state index contributed by atoms with van der Waals surface area (Å²) in [5.41, 5.74) is 0. The fourth-order valence-electron chi connectivity index (χ4n) is 3.46. The van der Waals surface area contributed by atoms with E-state index in [1.54, 1.807) is 36.0 Å². The minimum atomic E-state index is -0.752. The highest BCUT2D eigenvalue weighted by Crippen LogP contribution is 2.38. The third-order valence-corrected chi connectivity index (χ3v) is 6.71. The Bertz CT molecular complexity index is 585. The molecular formula is C20H29ClO5S. The normalized spacial score (nSPS) is 23.3. The van der Waals surface area contributed by atoms with Crippen molar-refractivity contribution < 1.29 is 24.9 Å². The van der Waals surface area contributed by atoms with Crippen molar-refractivity contribution >= 4 is 29.3 Å². The second kappa shape index (κ2) is 11.8. The number of hydrogen-bond acceptors (Lipinski definition) is 5. The standard InChI is InChI=1S/C20H29ClO5S/c21-14-5-4-6-16(11-14)26-12-15(22)13-27-19-10-9-18(23)17(19)7-2-1-3-8-20(24)25/h4-6,11,15,17-19,22-23H,1-3,7-10,12-13H2,(H,24,25). The highest BCUT2D eigenvalue weighted by Gasteiger charge is 2.34. The van der Waals surface area contributed by atoms with Gasteiger partial charge in [-0.2, -0.15) is 11.8 Å². The molecule has 152 valence electrons. The number of halogens is 1. The van der Waals surface area contributed by atoms with Crippen LogP contribution in [-0.2, 0) is 4.79 Å². The van der Waals surface area contributed by atoms with E-state index in [1.807, 2.05) is 0 Å². The largest absolute Gasteiger partial charge is 0.491 e. The molecule has 2 rings (SSSR count). The number of aliphatic carboxylic acids is 1. The molecule has 3 N–H and O–H groups in total. The van der Waals surface area contributed by atoms with Gasteiger partial charge in [-0.25, -0.2) is 0 Å². The molecule has 0 saturated heterocycles. The van der Waals surface area contributed by atoms with Gasteiger partial charge in [-0.1, -0.05) is 30.5 Å². The summed E-state index contributed by atoms with van der Waals surface area (Å²) < 4.78 is 5.58. The molecule has 1 aromatic carbocycles. The fourth-order valence-corrected chi connectivity index (χ4v) is 5.07. The van der Waals surface area contributed by atoms with E-state index in [0.29, 0.717) is 28.2 Å². The number of carboxylic acids is 1. The molecule has 4 unspecified atom stereocenters. The molecule has 27 heavy (non-hydrogen) atoms. The number of hydrogen-bond donors (Lipinski definition) is 3. The van der Waals surface area contributed by atoms with E-state index in [-0.39, 0.29) is 25.0 Å². The Morgan fingerprint density at radius 2 is 2.11 bits per heavy atom. The van der Waals surface area contributed by atoms with E-state index in [9.17, 15) is 15.0 Å². The predicted octanol–water partition coefficient (Wildman–Crippen LogP) is 3.99. The van der Waals surface area contributed by atoms with Crippen molar-refractivity contribution in [1.82, 2.24) is 0 Å². The lowest BCUT2D eigenvalue weighted by Crippen LogP contribution is -2.25. The van der Waals surface area contributed by atoms with Gasteiger partial charge >= 0.3 is 5.97 Å². The third-order valence-electron chi connectivity index (χ3n) is 4.89. The van der Waals surface area contributed by atoms with Crippen LogP contribution in [0, 0.1) is 5.92 Å². The van der Waals surface area contributed by atoms with Gasteiger partial charge in [-0.15, -0.1) is 0 Å². The molecule has 1 aliphatic carbocycles. The van der Waals surface area contributed by atoms with Crippen molar-refractivity contribution in [2.24, 2.45) is 5.92 Å². The first-order valence-corrected chi connectivity index (χ1v) is 11.0. The van der Waals surface area contributed by atoms with Gasteiger partial charge in [0.2, 0.25) is 0 Å². The highest BCUT2D eigenvalue weighted by molar-refractivity contribution is 7.99. The summed E-state index contributed by atoms with van der Waals surface area (Å²) in [6.45, 7) is 0.211. The average Bonchev–Trinajstić information content (AvgIpc) is 2.97. The summed E-state index contributed by atoms with van der Waals surface area (Å²) >= 11 is 7.62. The van der Waals surface area contributed by atoms with Gasteiger partial charge in [0.05, 0.1) is 12.2 Å². The lowest BCUT2D eigenvalue weighted by molar-refractivity contribution is -0.137. The van der Waals surface area contributed by atoms with Crippen LogP contribution in [0.5, 0.6) is 5.75 Å². The molecular weight excluding hydrogens is 388 g/mol. The summed E-state index contributed by atoms with van der Waals surface area (Å²) in [6.07, 6.45) is 4.51. The van der Waals surface area contributed by atoms with E-state index in [4.69, 9.17) is 21.4 Å². The lowest BCUT2D eigenvalue weighted by atomic mass is 9.97. The number of ether oxygens (including phenoxy) is 1. The van der Waals surface area contributed by atoms with Gasteiger partial charge in [0.15, 0.2) is 0 Å². The van der Waals surface area contributed by atoms with Gasteiger partial charge < -0.3 is 20.1 Å². The number of benzene rings is 1. The summed E-state index contributed by atoms with van der Waals surface area (Å²) in [6, 6.07) is 7.10. The van der Waals surface area contributed by atoms with Crippen LogP contribution in [0.4, 0.5) is 0 Å². The summed E-state index contributed by atoms with van der Waals surface area (Å²) in [5.74, 6) is 0.675. The van der Waals surface area contributed by atoms with E-state index in [0.717, 1.165) is 32.1 Å². The Morgan fingerprint density at radius 1 is 1.30 bits per heavy atom. The second-order valence-corrected chi connectivity index (χ2v) is 8.80. The van der Waals surface area contributed by atoms with Gasteiger partial charge in [0.25, 0.3) is 0 Å². The quantitative estimate of drug-likeness (QED) is 0.446. The molecule has 0 radical (unpaired) electrons. The Balaban J connectivity index is 1.67. The molecule has 0 spiro atoms. The molecule has 1 aliphatic rings. The number of unbranched alkanes of at least 4 members (excludes halogenated alkanes) is 2. The molecule has 0 amide bonds. The Hall–Kier alpha value is -0.950. The topological polar surface area (TPSA) is 87.0 Å². The molecule has 1 aromatic rings. The summed E-state index contributed by atoms with van der Waals surface area (Å²) in [7, 11) is 0. The van der Waals surface area contributed by atoms with Crippen LogP contribution in [0.1, 0.15) is 44.9 Å². The average molecular weight is 417 g/mol. The second-order valence-electron chi connectivity index (χ2n) is 7.10. The van der Waals surface area contributed by atoms with Crippen LogP contribution in [-0.4, -0.2) is 51.1 Å².